The maximum atomic E-state index is 11.8. The van der Waals surface area contributed by atoms with Crippen LogP contribution in [0.3, 0.4) is 0 Å². The molecular weight excluding hydrogens is 364 g/mol. The molecule has 2 aliphatic rings. The molecule has 0 N–H and O–H groups in total. The Bertz CT molecular complexity index is 824. The molecule has 4 rings (SSSR count). The second-order valence-corrected chi connectivity index (χ2v) is 8.93. The normalized spacial score (nSPS) is 16.5. The summed E-state index contributed by atoms with van der Waals surface area (Å²) in [7, 11) is 7.15. The van der Waals surface area contributed by atoms with Gasteiger partial charge in [0.1, 0.15) is 0 Å². The molecule has 134 valence electrons. The quantitative estimate of drug-likeness (QED) is 0.740. The van der Waals surface area contributed by atoms with Crippen LogP contribution >= 0.6 is 21.6 Å². The summed E-state index contributed by atoms with van der Waals surface area (Å²) >= 11 is 0. The average Bonchev–Trinajstić information content (AvgIpc) is 2.66. The van der Waals surface area contributed by atoms with E-state index < -0.39 is 0 Å². The second kappa shape index (κ2) is 7.00. The number of aryl methyl sites for hydroxylation is 2. The van der Waals surface area contributed by atoms with E-state index in [-0.39, 0.29) is 11.8 Å². The minimum absolute atomic E-state index is 0.185. The van der Waals surface area contributed by atoms with E-state index in [0.29, 0.717) is 12.8 Å². The molecule has 0 saturated heterocycles. The highest BCUT2D eigenvalue weighted by Gasteiger charge is 2.22. The Kier molecular flexibility index (Phi) is 4.71. The zero-order valence-electron chi connectivity index (χ0n) is 14.8. The Morgan fingerprint density at radius 2 is 1.12 bits per heavy atom. The number of hydrogen-bond donors (Lipinski definition) is 0. The Morgan fingerprint density at radius 1 is 0.692 bits per heavy atom. The molecule has 0 fully saturated rings. The van der Waals surface area contributed by atoms with Crippen molar-refractivity contribution in [2.24, 2.45) is 0 Å². The topological polar surface area (TPSA) is 40.6 Å². The van der Waals surface area contributed by atoms with Crippen LogP contribution < -0.4 is 9.80 Å². The van der Waals surface area contributed by atoms with E-state index in [4.69, 9.17) is 0 Å². The first kappa shape index (κ1) is 17.5. The van der Waals surface area contributed by atoms with Crippen LogP contribution in [0.1, 0.15) is 24.0 Å². The lowest BCUT2D eigenvalue weighted by Gasteiger charge is -2.26. The fourth-order valence-corrected chi connectivity index (χ4v) is 5.49. The van der Waals surface area contributed by atoms with Gasteiger partial charge < -0.3 is 9.80 Å². The Labute approximate surface area is 161 Å². The van der Waals surface area contributed by atoms with Crippen molar-refractivity contribution in [1.29, 1.82) is 0 Å². The first-order chi connectivity index (χ1) is 12.5. The second-order valence-electron chi connectivity index (χ2n) is 6.65. The van der Waals surface area contributed by atoms with Crippen LogP contribution in [0.25, 0.3) is 0 Å². The molecule has 0 atom stereocenters. The summed E-state index contributed by atoms with van der Waals surface area (Å²) in [5.74, 6) is 0.370. The first-order valence-electron chi connectivity index (χ1n) is 8.66. The SMILES string of the molecule is CN1C(=O)CCc2cc(SSc3ccc4c(c3)CCC(=O)N4C)ccc21. The van der Waals surface area contributed by atoms with E-state index in [0.717, 1.165) is 24.2 Å². The molecule has 26 heavy (non-hydrogen) atoms. The van der Waals surface area contributed by atoms with E-state index in [9.17, 15) is 9.59 Å². The summed E-state index contributed by atoms with van der Waals surface area (Å²) in [5.41, 5.74) is 4.53. The fourth-order valence-electron chi connectivity index (χ4n) is 3.47. The van der Waals surface area contributed by atoms with Crippen LogP contribution in [-0.2, 0) is 22.4 Å². The number of amides is 2. The van der Waals surface area contributed by atoms with Crippen LogP contribution in [0.4, 0.5) is 11.4 Å². The van der Waals surface area contributed by atoms with Gasteiger partial charge in [0.05, 0.1) is 0 Å². The van der Waals surface area contributed by atoms with Gasteiger partial charge in [-0.15, -0.1) is 0 Å². The molecule has 2 aromatic rings. The van der Waals surface area contributed by atoms with Crippen molar-refractivity contribution in [2.45, 2.75) is 35.5 Å². The smallest absolute Gasteiger partial charge is 0.227 e. The number of rotatable bonds is 3. The van der Waals surface area contributed by atoms with Gasteiger partial charge in [0.25, 0.3) is 0 Å². The van der Waals surface area contributed by atoms with Gasteiger partial charge in [-0.3, -0.25) is 9.59 Å². The van der Waals surface area contributed by atoms with Crippen molar-refractivity contribution >= 4 is 44.8 Å². The molecule has 0 aliphatic carbocycles. The number of anilines is 2. The highest BCUT2D eigenvalue weighted by molar-refractivity contribution is 8.76. The van der Waals surface area contributed by atoms with Gasteiger partial charge in [0.15, 0.2) is 0 Å². The molecule has 0 aromatic heterocycles. The summed E-state index contributed by atoms with van der Waals surface area (Å²) in [5, 5.41) is 0. The lowest BCUT2D eigenvalue weighted by molar-refractivity contribution is -0.119. The number of nitrogens with zero attached hydrogens (tertiary/aromatic N) is 2. The van der Waals surface area contributed by atoms with Crippen molar-refractivity contribution < 1.29 is 9.59 Å². The molecule has 0 bridgehead atoms. The third kappa shape index (κ3) is 3.23. The molecular formula is C20H20N2O2S2. The highest BCUT2D eigenvalue weighted by atomic mass is 33.1. The molecule has 0 spiro atoms. The number of fused-ring (bicyclic) bond motifs is 2. The van der Waals surface area contributed by atoms with Gasteiger partial charge in [-0.05, 0) is 60.4 Å². The molecule has 2 amide bonds. The minimum atomic E-state index is 0.185. The number of carbonyl (C=O) groups is 2. The molecule has 0 radical (unpaired) electrons. The van der Waals surface area contributed by atoms with Crippen LogP contribution in [0, 0.1) is 0 Å². The van der Waals surface area contributed by atoms with Crippen LogP contribution in [0.2, 0.25) is 0 Å². The number of hydrogen-bond acceptors (Lipinski definition) is 4. The summed E-state index contributed by atoms with van der Waals surface area (Å²) < 4.78 is 0. The summed E-state index contributed by atoms with van der Waals surface area (Å²) in [6.07, 6.45) is 2.80. The van der Waals surface area contributed by atoms with Crippen molar-refractivity contribution in [3.63, 3.8) is 0 Å². The molecule has 0 saturated carbocycles. The van der Waals surface area contributed by atoms with E-state index in [1.807, 2.05) is 26.2 Å². The summed E-state index contributed by atoms with van der Waals surface area (Å²) in [6.45, 7) is 0. The third-order valence-corrected chi connectivity index (χ3v) is 7.40. The third-order valence-electron chi connectivity index (χ3n) is 5.02. The van der Waals surface area contributed by atoms with Crippen molar-refractivity contribution in [2.75, 3.05) is 23.9 Å². The van der Waals surface area contributed by atoms with E-state index >= 15 is 0 Å². The predicted molar refractivity (Wildman–Crippen MR) is 108 cm³/mol. The van der Waals surface area contributed by atoms with Gasteiger partial charge in [-0.2, -0.15) is 0 Å². The Morgan fingerprint density at radius 3 is 1.54 bits per heavy atom. The van der Waals surface area contributed by atoms with E-state index in [2.05, 4.69) is 24.3 Å². The van der Waals surface area contributed by atoms with Gasteiger partial charge >= 0.3 is 0 Å². The monoisotopic (exact) mass is 384 g/mol. The van der Waals surface area contributed by atoms with Gasteiger partial charge in [0.2, 0.25) is 11.8 Å². The van der Waals surface area contributed by atoms with Gasteiger partial charge in [0, 0.05) is 48.1 Å². The number of benzene rings is 2. The lowest BCUT2D eigenvalue weighted by atomic mass is 10.0. The molecule has 6 heteroatoms. The highest BCUT2D eigenvalue weighted by Crippen LogP contribution is 2.41. The zero-order valence-corrected chi connectivity index (χ0v) is 16.5. The molecule has 2 aromatic carbocycles. The summed E-state index contributed by atoms with van der Waals surface area (Å²) in [6, 6.07) is 12.6. The average molecular weight is 385 g/mol. The molecule has 0 unspecified atom stereocenters. The standard InChI is InChI=1S/C20H20N2O2S2/c1-21-17-7-5-15(11-13(17)3-9-19(21)23)25-26-16-6-8-18-14(12-16)4-10-20(24)22(18)2/h5-8,11-12H,3-4,9-10H2,1-2H3. The van der Waals surface area contributed by atoms with E-state index in [1.165, 1.54) is 20.9 Å². The summed E-state index contributed by atoms with van der Waals surface area (Å²) in [4.78, 5) is 29.5. The molecule has 4 nitrogen and oxygen atoms in total. The minimum Gasteiger partial charge on any atom is -0.315 e. The van der Waals surface area contributed by atoms with Crippen molar-refractivity contribution in [1.82, 2.24) is 0 Å². The van der Waals surface area contributed by atoms with Crippen molar-refractivity contribution in [3.05, 3.63) is 47.5 Å². The van der Waals surface area contributed by atoms with Crippen molar-refractivity contribution in [3.8, 4) is 0 Å². The largest absolute Gasteiger partial charge is 0.315 e. The Balaban J connectivity index is 1.48. The maximum Gasteiger partial charge on any atom is 0.227 e. The van der Waals surface area contributed by atoms with E-state index in [1.54, 1.807) is 31.4 Å². The molecule has 2 heterocycles. The Hall–Kier alpha value is -1.92. The van der Waals surface area contributed by atoms with Gasteiger partial charge in [-0.25, -0.2) is 0 Å². The van der Waals surface area contributed by atoms with Crippen LogP contribution in [0.15, 0.2) is 46.2 Å². The number of carbonyl (C=O) groups excluding carboxylic acids is 2. The van der Waals surface area contributed by atoms with Crippen LogP contribution in [0.5, 0.6) is 0 Å². The zero-order chi connectivity index (χ0) is 18.3. The maximum absolute atomic E-state index is 11.8. The molecule has 2 aliphatic heterocycles. The fraction of sp³-hybridized carbons (Fsp3) is 0.300. The lowest BCUT2D eigenvalue weighted by Crippen LogP contribution is -2.31. The van der Waals surface area contributed by atoms with Crippen LogP contribution in [-0.4, -0.2) is 25.9 Å². The predicted octanol–water partition coefficient (Wildman–Crippen LogP) is 4.30. The van der Waals surface area contributed by atoms with Gasteiger partial charge in [-0.1, -0.05) is 21.6 Å². The first-order valence-corrected chi connectivity index (χ1v) is 10.8.